The second kappa shape index (κ2) is 7.95. The molecular weight excluding hydrogens is 316 g/mol. The van der Waals surface area contributed by atoms with Crippen LogP contribution in [0.4, 0.5) is 5.69 Å². The minimum atomic E-state index is 0.0226. The van der Waals surface area contributed by atoms with Crippen molar-refractivity contribution in [2.45, 2.75) is 39.3 Å². The first-order chi connectivity index (χ1) is 11.6. The van der Waals surface area contributed by atoms with Crippen molar-refractivity contribution < 1.29 is 4.79 Å². The van der Waals surface area contributed by atoms with Crippen molar-refractivity contribution in [3.05, 3.63) is 52.7 Å². The fourth-order valence-corrected chi connectivity index (χ4v) is 4.09. The van der Waals surface area contributed by atoms with Crippen LogP contribution < -0.4 is 4.90 Å². The normalized spacial score (nSPS) is 16.5. The highest BCUT2D eigenvalue weighted by Gasteiger charge is 2.30. The van der Waals surface area contributed by atoms with Gasteiger partial charge in [-0.1, -0.05) is 38.1 Å². The van der Waals surface area contributed by atoms with Crippen LogP contribution in [0.2, 0.25) is 0 Å². The van der Waals surface area contributed by atoms with Gasteiger partial charge in [-0.3, -0.25) is 9.69 Å². The first-order valence-corrected chi connectivity index (χ1v) is 9.66. The van der Waals surface area contributed by atoms with Crippen molar-refractivity contribution in [1.82, 2.24) is 4.90 Å². The van der Waals surface area contributed by atoms with E-state index in [4.69, 9.17) is 0 Å². The zero-order chi connectivity index (χ0) is 16.9. The van der Waals surface area contributed by atoms with Crippen LogP contribution in [0.3, 0.4) is 0 Å². The number of para-hydroxylation sites is 1. The van der Waals surface area contributed by atoms with E-state index in [1.54, 1.807) is 0 Å². The fraction of sp³-hybridized carbons (Fsp3) is 0.450. The minimum Gasteiger partial charge on any atom is -0.309 e. The Bertz CT molecular complexity index is 631. The molecule has 0 N–H and O–H groups in total. The number of hydrogen-bond acceptors (Lipinski definition) is 3. The van der Waals surface area contributed by atoms with Gasteiger partial charge in [0.15, 0.2) is 0 Å². The average molecular weight is 343 g/mol. The SMILES string of the molecule is CC(C)C(=O)N(c1ccccc1)C1CCN(Cc2cccs2)CC1. The molecule has 1 aliphatic rings. The molecule has 2 heterocycles. The van der Waals surface area contributed by atoms with Gasteiger partial charge in [-0.25, -0.2) is 0 Å². The van der Waals surface area contributed by atoms with Gasteiger partial charge in [-0.2, -0.15) is 0 Å². The molecule has 2 aromatic rings. The summed E-state index contributed by atoms with van der Waals surface area (Å²) in [5.74, 6) is 0.257. The largest absolute Gasteiger partial charge is 0.309 e. The third-order valence-corrected chi connectivity index (χ3v) is 5.51. The van der Waals surface area contributed by atoms with Crippen molar-refractivity contribution in [3.63, 3.8) is 0 Å². The summed E-state index contributed by atoms with van der Waals surface area (Å²) in [5.41, 5.74) is 1.04. The van der Waals surface area contributed by atoms with Gasteiger partial charge >= 0.3 is 0 Å². The molecule has 0 spiro atoms. The number of carbonyl (C=O) groups is 1. The smallest absolute Gasteiger partial charge is 0.229 e. The highest BCUT2D eigenvalue weighted by Crippen LogP contribution is 2.26. The second-order valence-corrected chi connectivity index (χ2v) is 7.82. The Morgan fingerprint density at radius 1 is 1.17 bits per heavy atom. The van der Waals surface area contributed by atoms with Crippen molar-refractivity contribution in [2.75, 3.05) is 18.0 Å². The molecular formula is C20H26N2OS. The number of rotatable bonds is 5. The fourth-order valence-electron chi connectivity index (χ4n) is 3.34. The van der Waals surface area contributed by atoms with Gasteiger partial charge in [0, 0.05) is 42.2 Å². The van der Waals surface area contributed by atoms with Crippen LogP contribution in [0.15, 0.2) is 47.8 Å². The standard InChI is InChI=1S/C20H26N2OS/c1-16(2)20(23)22(17-7-4-3-5-8-17)18-10-12-21(13-11-18)15-19-9-6-14-24-19/h3-9,14,16,18H,10-13,15H2,1-2H3. The van der Waals surface area contributed by atoms with E-state index in [0.29, 0.717) is 6.04 Å². The number of anilines is 1. The van der Waals surface area contributed by atoms with Gasteiger partial charge in [-0.05, 0) is 36.4 Å². The lowest BCUT2D eigenvalue weighted by Crippen LogP contribution is -2.48. The highest BCUT2D eigenvalue weighted by molar-refractivity contribution is 7.09. The Morgan fingerprint density at radius 2 is 1.88 bits per heavy atom. The Balaban J connectivity index is 1.68. The lowest BCUT2D eigenvalue weighted by Gasteiger charge is -2.39. The van der Waals surface area contributed by atoms with Gasteiger partial charge in [0.1, 0.15) is 0 Å². The molecule has 0 atom stereocenters. The molecule has 3 nitrogen and oxygen atoms in total. The molecule has 24 heavy (non-hydrogen) atoms. The molecule has 128 valence electrons. The first kappa shape index (κ1) is 17.2. The number of piperidine rings is 1. The third kappa shape index (κ3) is 4.05. The molecule has 1 aromatic carbocycles. The summed E-state index contributed by atoms with van der Waals surface area (Å²) < 4.78 is 0. The van der Waals surface area contributed by atoms with Crippen LogP contribution in [-0.4, -0.2) is 29.9 Å². The predicted octanol–water partition coefficient (Wildman–Crippen LogP) is 4.40. The van der Waals surface area contributed by atoms with Gasteiger partial charge in [0.05, 0.1) is 0 Å². The zero-order valence-corrected chi connectivity index (χ0v) is 15.3. The van der Waals surface area contributed by atoms with Gasteiger partial charge < -0.3 is 4.90 Å². The van der Waals surface area contributed by atoms with Gasteiger partial charge in [0.2, 0.25) is 5.91 Å². The molecule has 0 bridgehead atoms. The maximum atomic E-state index is 12.8. The summed E-state index contributed by atoms with van der Waals surface area (Å²) in [5, 5.41) is 2.14. The summed E-state index contributed by atoms with van der Waals surface area (Å²) in [6.45, 7) is 7.12. The number of thiophene rings is 1. The monoisotopic (exact) mass is 342 g/mol. The van der Waals surface area contributed by atoms with Crippen LogP contribution in [0.1, 0.15) is 31.6 Å². The number of likely N-dealkylation sites (tertiary alicyclic amines) is 1. The summed E-state index contributed by atoms with van der Waals surface area (Å²) >= 11 is 1.82. The quantitative estimate of drug-likeness (QED) is 0.804. The van der Waals surface area contributed by atoms with Crippen LogP contribution in [-0.2, 0) is 11.3 Å². The molecule has 1 aromatic heterocycles. The Hall–Kier alpha value is -1.65. The Morgan fingerprint density at radius 3 is 2.46 bits per heavy atom. The van der Waals surface area contributed by atoms with E-state index in [1.165, 1.54) is 4.88 Å². The molecule has 3 rings (SSSR count). The zero-order valence-electron chi connectivity index (χ0n) is 14.5. The van der Waals surface area contributed by atoms with E-state index in [9.17, 15) is 4.79 Å². The Labute approximate surface area is 148 Å². The third-order valence-electron chi connectivity index (χ3n) is 4.65. The molecule has 0 radical (unpaired) electrons. The molecule has 4 heteroatoms. The summed E-state index contributed by atoms with van der Waals surface area (Å²) in [7, 11) is 0. The number of amides is 1. The van der Waals surface area contributed by atoms with Crippen molar-refractivity contribution in [3.8, 4) is 0 Å². The van der Waals surface area contributed by atoms with Crippen LogP contribution >= 0.6 is 11.3 Å². The molecule has 1 aliphatic heterocycles. The van der Waals surface area contributed by atoms with E-state index >= 15 is 0 Å². The summed E-state index contributed by atoms with van der Waals surface area (Å²) in [6, 6.07) is 14.8. The Kier molecular flexibility index (Phi) is 5.69. The number of carbonyl (C=O) groups excluding carboxylic acids is 1. The lowest BCUT2D eigenvalue weighted by atomic mass is 10.00. The average Bonchev–Trinajstić information content (AvgIpc) is 3.10. The van der Waals surface area contributed by atoms with Crippen molar-refractivity contribution in [1.29, 1.82) is 0 Å². The molecule has 0 unspecified atom stereocenters. The molecule has 1 fully saturated rings. The van der Waals surface area contributed by atoms with Crippen molar-refractivity contribution >= 4 is 22.9 Å². The van der Waals surface area contributed by atoms with Crippen molar-refractivity contribution in [2.24, 2.45) is 5.92 Å². The summed E-state index contributed by atoms with van der Waals surface area (Å²) in [6.07, 6.45) is 2.08. The van der Waals surface area contributed by atoms with E-state index in [2.05, 4.69) is 34.5 Å². The van der Waals surface area contributed by atoms with E-state index in [0.717, 1.165) is 38.2 Å². The van der Waals surface area contributed by atoms with Crippen LogP contribution in [0.5, 0.6) is 0 Å². The summed E-state index contributed by atoms with van der Waals surface area (Å²) in [4.78, 5) is 18.8. The van der Waals surface area contributed by atoms with Crippen LogP contribution in [0, 0.1) is 5.92 Å². The molecule has 1 saturated heterocycles. The highest BCUT2D eigenvalue weighted by atomic mass is 32.1. The minimum absolute atomic E-state index is 0.0226. The maximum Gasteiger partial charge on any atom is 0.229 e. The number of benzene rings is 1. The maximum absolute atomic E-state index is 12.8. The van der Waals surface area contributed by atoms with Gasteiger partial charge in [0.25, 0.3) is 0 Å². The molecule has 0 aliphatic carbocycles. The molecule has 0 saturated carbocycles. The van der Waals surface area contributed by atoms with E-state index in [-0.39, 0.29) is 11.8 Å². The number of hydrogen-bond donors (Lipinski definition) is 0. The lowest BCUT2D eigenvalue weighted by molar-refractivity contribution is -0.122. The molecule has 1 amide bonds. The van der Waals surface area contributed by atoms with E-state index in [1.807, 2.05) is 48.3 Å². The van der Waals surface area contributed by atoms with Crippen LogP contribution in [0.25, 0.3) is 0 Å². The second-order valence-electron chi connectivity index (χ2n) is 6.79. The van der Waals surface area contributed by atoms with E-state index < -0.39 is 0 Å². The number of nitrogens with zero attached hydrogens (tertiary/aromatic N) is 2. The van der Waals surface area contributed by atoms with Gasteiger partial charge in [-0.15, -0.1) is 11.3 Å². The topological polar surface area (TPSA) is 23.6 Å². The first-order valence-electron chi connectivity index (χ1n) is 8.78. The predicted molar refractivity (Wildman–Crippen MR) is 101 cm³/mol.